The van der Waals surface area contributed by atoms with E-state index in [1.54, 1.807) is 24.5 Å². The lowest BCUT2D eigenvalue weighted by atomic mass is 10.1. The monoisotopic (exact) mass is 268 g/mol. The molecule has 1 amide bonds. The Hall–Kier alpha value is -1.62. The zero-order valence-electron chi connectivity index (χ0n) is 9.62. The highest BCUT2D eigenvalue weighted by Crippen LogP contribution is 2.21. The minimum Gasteiger partial charge on any atom is -0.480 e. The van der Waals surface area contributed by atoms with Gasteiger partial charge in [-0.1, -0.05) is 0 Å². The topological polar surface area (TPSA) is 70.5 Å². The quantitative estimate of drug-likeness (QED) is 0.825. The molecular formula is C12H13ClN2O3. The van der Waals surface area contributed by atoms with Gasteiger partial charge >= 0.3 is 5.97 Å². The molecule has 1 aromatic rings. The first-order valence-corrected chi connectivity index (χ1v) is 6.07. The SMILES string of the molecule is O=C(O)C(Cc1ccncc1)N1CC(Cl)CC1=O. The normalized spacial score (nSPS) is 21.1. The molecule has 0 saturated carbocycles. The van der Waals surface area contributed by atoms with Crippen LogP contribution in [-0.2, 0) is 16.0 Å². The Morgan fingerprint density at radius 1 is 1.56 bits per heavy atom. The molecule has 1 aliphatic rings. The second-order valence-electron chi connectivity index (χ2n) is 4.26. The fourth-order valence-electron chi connectivity index (χ4n) is 2.06. The van der Waals surface area contributed by atoms with Crippen LogP contribution in [0, 0.1) is 0 Å². The maximum absolute atomic E-state index is 11.7. The molecule has 18 heavy (non-hydrogen) atoms. The Morgan fingerprint density at radius 2 is 2.22 bits per heavy atom. The van der Waals surface area contributed by atoms with Crippen LogP contribution in [0.25, 0.3) is 0 Å². The molecule has 0 radical (unpaired) electrons. The summed E-state index contributed by atoms with van der Waals surface area (Å²) in [6.07, 6.45) is 3.68. The third-order valence-electron chi connectivity index (χ3n) is 2.95. The van der Waals surface area contributed by atoms with Crippen molar-refractivity contribution in [3.8, 4) is 0 Å². The van der Waals surface area contributed by atoms with Gasteiger partial charge in [0, 0.05) is 31.8 Å². The van der Waals surface area contributed by atoms with Gasteiger partial charge in [0.15, 0.2) is 0 Å². The lowest BCUT2D eigenvalue weighted by Crippen LogP contribution is -2.43. The summed E-state index contributed by atoms with van der Waals surface area (Å²) in [5, 5.41) is 8.95. The van der Waals surface area contributed by atoms with Crippen LogP contribution in [0.15, 0.2) is 24.5 Å². The number of carbonyl (C=O) groups excluding carboxylic acids is 1. The molecule has 5 nitrogen and oxygen atoms in total. The van der Waals surface area contributed by atoms with Crippen LogP contribution >= 0.6 is 11.6 Å². The third kappa shape index (κ3) is 2.79. The van der Waals surface area contributed by atoms with Crippen molar-refractivity contribution < 1.29 is 14.7 Å². The second kappa shape index (κ2) is 5.35. The van der Waals surface area contributed by atoms with Crippen molar-refractivity contribution in [1.82, 2.24) is 9.88 Å². The van der Waals surface area contributed by atoms with E-state index in [0.29, 0.717) is 6.54 Å². The van der Waals surface area contributed by atoms with Crippen LogP contribution in [0.5, 0.6) is 0 Å². The largest absolute Gasteiger partial charge is 0.480 e. The molecule has 1 aliphatic heterocycles. The lowest BCUT2D eigenvalue weighted by molar-refractivity contribution is -0.148. The van der Waals surface area contributed by atoms with E-state index in [1.807, 2.05) is 0 Å². The number of amides is 1. The number of likely N-dealkylation sites (tertiary alicyclic amines) is 1. The number of halogens is 1. The van der Waals surface area contributed by atoms with Gasteiger partial charge in [-0.3, -0.25) is 9.78 Å². The number of rotatable bonds is 4. The number of carbonyl (C=O) groups is 2. The zero-order chi connectivity index (χ0) is 13.1. The van der Waals surface area contributed by atoms with Crippen molar-refractivity contribution in [1.29, 1.82) is 0 Å². The number of aromatic nitrogens is 1. The molecular weight excluding hydrogens is 256 g/mol. The highest BCUT2D eigenvalue weighted by Gasteiger charge is 2.36. The molecule has 2 atom stereocenters. The van der Waals surface area contributed by atoms with Gasteiger partial charge in [0.2, 0.25) is 5.91 Å². The molecule has 1 N–H and O–H groups in total. The number of hydrogen-bond acceptors (Lipinski definition) is 3. The van der Waals surface area contributed by atoms with Crippen LogP contribution in [0.4, 0.5) is 0 Å². The van der Waals surface area contributed by atoms with Gasteiger partial charge in [0.25, 0.3) is 0 Å². The summed E-state index contributed by atoms with van der Waals surface area (Å²) in [6, 6.07) is 2.63. The molecule has 1 fully saturated rings. The van der Waals surface area contributed by atoms with Gasteiger partial charge < -0.3 is 10.0 Å². The van der Waals surface area contributed by atoms with Crippen LogP contribution in [-0.4, -0.2) is 44.8 Å². The van der Waals surface area contributed by atoms with Crippen molar-refractivity contribution in [2.24, 2.45) is 0 Å². The standard InChI is InChI=1S/C12H13ClN2O3/c13-9-6-11(16)15(7-9)10(12(17)18)5-8-1-3-14-4-2-8/h1-4,9-10H,5-7H2,(H,17,18). The van der Waals surface area contributed by atoms with E-state index in [-0.39, 0.29) is 24.1 Å². The first kappa shape index (κ1) is 12.8. The number of nitrogens with zero attached hydrogens (tertiary/aromatic N) is 2. The van der Waals surface area contributed by atoms with Gasteiger partial charge in [-0.25, -0.2) is 4.79 Å². The lowest BCUT2D eigenvalue weighted by Gasteiger charge is -2.24. The Labute approximate surface area is 109 Å². The summed E-state index contributed by atoms with van der Waals surface area (Å²) in [5.74, 6) is -1.21. The van der Waals surface area contributed by atoms with Crippen LogP contribution in [0.3, 0.4) is 0 Å². The molecule has 96 valence electrons. The molecule has 2 unspecified atom stereocenters. The van der Waals surface area contributed by atoms with Crippen LogP contribution in [0.2, 0.25) is 0 Å². The predicted molar refractivity (Wildman–Crippen MR) is 65.3 cm³/mol. The molecule has 0 aromatic carbocycles. The Balaban J connectivity index is 2.14. The van der Waals surface area contributed by atoms with Gasteiger partial charge in [0.1, 0.15) is 6.04 Å². The number of aliphatic carboxylic acids is 1. The minimum atomic E-state index is -1.01. The van der Waals surface area contributed by atoms with Crippen molar-refractivity contribution >= 4 is 23.5 Å². The number of pyridine rings is 1. The average molecular weight is 269 g/mol. The minimum absolute atomic E-state index is 0.198. The van der Waals surface area contributed by atoms with Gasteiger partial charge in [-0.05, 0) is 17.7 Å². The Morgan fingerprint density at radius 3 is 2.72 bits per heavy atom. The number of alkyl halides is 1. The van der Waals surface area contributed by atoms with Crippen LogP contribution < -0.4 is 0 Å². The summed E-state index contributed by atoms with van der Waals surface area (Å²) in [5.41, 5.74) is 0.836. The maximum Gasteiger partial charge on any atom is 0.326 e. The summed E-state index contributed by atoms with van der Waals surface area (Å²) >= 11 is 5.89. The van der Waals surface area contributed by atoms with Gasteiger partial charge in [0.05, 0.1) is 5.38 Å². The molecule has 0 spiro atoms. The number of hydrogen-bond donors (Lipinski definition) is 1. The van der Waals surface area contributed by atoms with E-state index >= 15 is 0 Å². The highest BCUT2D eigenvalue weighted by atomic mass is 35.5. The molecule has 6 heteroatoms. The molecule has 1 saturated heterocycles. The third-order valence-corrected chi connectivity index (χ3v) is 3.24. The summed E-state index contributed by atoms with van der Waals surface area (Å²) < 4.78 is 0. The fraction of sp³-hybridized carbons (Fsp3) is 0.417. The van der Waals surface area contributed by atoms with E-state index in [4.69, 9.17) is 11.6 Å². The van der Waals surface area contributed by atoms with Crippen LogP contribution in [0.1, 0.15) is 12.0 Å². The van der Waals surface area contributed by atoms with Crippen molar-refractivity contribution in [3.63, 3.8) is 0 Å². The first-order valence-electron chi connectivity index (χ1n) is 5.63. The number of carboxylic acids is 1. The molecule has 2 heterocycles. The fourth-order valence-corrected chi connectivity index (χ4v) is 2.34. The summed E-state index contributed by atoms with van der Waals surface area (Å²) in [7, 11) is 0. The second-order valence-corrected chi connectivity index (χ2v) is 4.88. The Kier molecular flexibility index (Phi) is 3.81. The van der Waals surface area contributed by atoms with Gasteiger partial charge in [-0.15, -0.1) is 11.6 Å². The molecule has 2 rings (SSSR count). The smallest absolute Gasteiger partial charge is 0.326 e. The molecule has 0 aliphatic carbocycles. The average Bonchev–Trinajstić information content (AvgIpc) is 2.66. The van der Waals surface area contributed by atoms with E-state index in [0.717, 1.165) is 5.56 Å². The number of carboxylic acid groups (broad SMARTS) is 1. The zero-order valence-corrected chi connectivity index (χ0v) is 10.4. The van der Waals surface area contributed by atoms with E-state index in [2.05, 4.69) is 4.98 Å². The van der Waals surface area contributed by atoms with E-state index < -0.39 is 12.0 Å². The first-order chi connectivity index (χ1) is 8.58. The van der Waals surface area contributed by atoms with E-state index in [9.17, 15) is 14.7 Å². The van der Waals surface area contributed by atoms with Crippen molar-refractivity contribution in [2.75, 3.05) is 6.54 Å². The Bertz CT molecular complexity index is 452. The van der Waals surface area contributed by atoms with Crippen molar-refractivity contribution in [2.45, 2.75) is 24.3 Å². The van der Waals surface area contributed by atoms with E-state index in [1.165, 1.54) is 4.90 Å². The predicted octanol–water partition coefficient (Wildman–Crippen LogP) is 0.917. The molecule has 0 bridgehead atoms. The van der Waals surface area contributed by atoms with Crippen molar-refractivity contribution in [3.05, 3.63) is 30.1 Å². The molecule has 1 aromatic heterocycles. The highest BCUT2D eigenvalue weighted by molar-refractivity contribution is 6.22. The van der Waals surface area contributed by atoms with Gasteiger partial charge in [-0.2, -0.15) is 0 Å². The summed E-state index contributed by atoms with van der Waals surface area (Å²) in [6.45, 7) is 0.294. The summed E-state index contributed by atoms with van der Waals surface area (Å²) in [4.78, 5) is 28.2. The maximum atomic E-state index is 11.7.